The molecule has 40 heavy (non-hydrogen) atoms. The molecule has 0 saturated heterocycles. The van der Waals surface area contributed by atoms with Crippen molar-refractivity contribution in [2.24, 2.45) is 0 Å². The SMILES string of the molecule is Fc1ccc(-c2nc3cc4ccccc4cc3n2-c2cccc3c2oc2ccccc23)c2oc3ccccc3c12. The molecule has 9 aromatic rings. The molecule has 0 amide bonds. The Morgan fingerprint density at radius 3 is 2.12 bits per heavy atom. The molecule has 0 saturated carbocycles. The van der Waals surface area contributed by atoms with Crippen LogP contribution >= 0.6 is 0 Å². The quantitative estimate of drug-likeness (QED) is 0.229. The number of furan rings is 2. The number of imidazole rings is 1. The van der Waals surface area contributed by atoms with Crippen LogP contribution in [0.15, 0.2) is 124 Å². The molecule has 0 aliphatic heterocycles. The molecule has 9 rings (SSSR count). The number of rotatable bonds is 2. The third-order valence-corrected chi connectivity index (χ3v) is 7.86. The molecular weight excluding hydrogens is 499 g/mol. The monoisotopic (exact) mass is 518 g/mol. The van der Waals surface area contributed by atoms with Crippen LogP contribution in [0.3, 0.4) is 0 Å². The zero-order chi connectivity index (χ0) is 26.4. The Morgan fingerprint density at radius 2 is 1.27 bits per heavy atom. The molecule has 188 valence electrons. The average Bonchev–Trinajstić information content (AvgIpc) is 3.67. The van der Waals surface area contributed by atoms with E-state index < -0.39 is 0 Å². The van der Waals surface area contributed by atoms with Gasteiger partial charge in [-0.25, -0.2) is 9.37 Å². The summed E-state index contributed by atoms with van der Waals surface area (Å²) in [6.07, 6.45) is 0. The van der Waals surface area contributed by atoms with Gasteiger partial charge in [0, 0.05) is 16.2 Å². The normalized spacial score (nSPS) is 12.1. The van der Waals surface area contributed by atoms with Crippen molar-refractivity contribution < 1.29 is 13.2 Å². The van der Waals surface area contributed by atoms with Gasteiger partial charge in [0.1, 0.15) is 28.4 Å². The highest BCUT2D eigenvalue weighted by molar-refractivity contribution is 6.11. The molecule has 3 heterocycles. The first-order chi connectivity index (χ1) is 19.7. The average molecular weight is 519 g/mol. The van der Waals surface area contributed by atoms with Crippen molar-refractivity contribution in [3.05, 3.63) is 121 Å². The van der Waals surface area contributed by atoms with Crippen LogP contribution in [0.2, 0.25) is 0 Å². The smallest absolute Gasteiger partial charge is 0.159 e. The Morgan fingerprint density at radius 1 is 0.600 bits per heavy atom. The summed E-state index contributed by atoms with van der Waals surface area (Å²) in [5, 5.41) is 5.48. The minimum absolute atomic E-state index is 0.323. The molecule has 5 heteroatoms. The Hall–Kier alpha value is -5.42. The summed E-state index contributed by atoms with van der Waals surface area (Å²) >= 11 is 0. The highest BCUT2D eigenvalue weighted by Gasteiger charge is 2.24. The van der Waals surface area contributed by atoms with E-state index in [1.54, 1.807) is 6.07 Å². The molecule has 0 N–H and O–H groups in total. The molecule has 3 aromatic heterocycles. The number of hydrogen-bond acceptors (Lipinski definition) is 3. The van der Waals surface area contributed by atoms with Gasteiger partial charge in [-0.05, 0) is 53.2 Å². The van der Waals surface area contributed by atoms with E-state index in [2.05, 4.69) is 41.0 Å². The van der Waals surface area contributed by atoms with E-state index in [-0.39, 0.29) is 5.82 Å². The second-order valence-electron chi connectivity index (χ2n) is 10.1. The van der Waals surface area contributed by atoms with Gasteiger partial charge in [0.05, 0.1) is 27.7 Å². The fourth-order valence-electron chi connectivity index (χ4n) is 6.06. The number of para-hydroxylation sites is 3. The minimum Gasteiger partial charge on any atom is -0.455 e. The van der Waals surface area contributed by atoms with Gasteiger partial charge in [0.2, 0.25) is 0 Å². The van der Waals surface area contributed by atoms with Crippen LogP contribution in [-0.2, 0) is 0 Å². The molecule has 0 aliphatic carbocycles. The van der Waals surface area contributed by atoms with Crippen LogP contribution < -0.4 is 0 Å². The van der Waals surface area contributed by atoms with Gasteiger partial charge in [-0.1, -0.05) is 72.8 Å². The Balaban J connectivity index is 1.46. The first-order valence-corrected chi connectivity index (χ1v) is 13.2. The second-order valence-corrected chi connectivity index (χ2v) is 10.1. The van der Waals surface area contributed by atoms with E-state index >= 15 is 4.39 Å². The number of benzene rings is 6. The van der Waals surface area contributed by atoms with E-state index in [0.29, 0.717) is 27.9 Å². The van der Waals surface area contributed by atoms with Gasteiger partial charge in [-0.2, -0.15) is 0 Å². The third kappa shape index (κ3) is 2.86. The van der Waals surface area contributed by atoms with E-state index in [0.717, 1.165) is 54.8 Å². The summed E-state index contributed by atoms with van der Waals surface area (Å²) in [5.41, 5.74) is 6.01. The first-order valence-electron chi connectivity index (χ1n) is 13.2. The van der Waals surface area contributed by atoms with E-state index in [9.17, 15) is 0 Å². The zero-order valence-corrected chi connectivity index (χ0v) is 21.1. The lowest BCUT2D eigenvalue weighted by atomic mass is 10.1. The van der Waals surface area contributed by atoms with Crippen molar-refractivity contribution in [3.8, 4) is 17.1 Å². The molecule has 0 spiro atoms. The molecular formula is C35H19FN2O2. The molecule has 0 fully saturated rings. The van der Waals surface area contributed by atoms with Gasteiger partial charge in [0.25, 0.3) is 0 Å². The number of nitrogens with zero attached hydrogens (tertiary/aromatic N) is 2. The fraction of sp³-hybridized carbons (Fsp3) is 0. The Bertz CT molecular complexity index is 2460. The van der Waals surface area contributed by atoms with E-state index in [1.807, 2.05) is 66.7 Å². The molecule has 0 bridgehead atoms. The lowest BCUT2D eigenvalue weighted by molar-refractivity contribution is 0.634. The zero-order valence-electron chi connectivity index (χ0n) is 21.1. The van der Waals surface area contributed by atoms with Crippen LogP contribution in [0.4, 0.5) is 4.39 Å². The maximum absolute atomic E-state index is 15.3. The standard InChI is InChI=1S/C35H19FN2O2/c36-26-17-16-25(34-32(26)24-11-4-6-15-31(24)40-34)35-37-27-18-20-8-1-2-9-21(20)19-29(27)38(35)28-13-7-12-23-22-10-3-5-14-30(22)39-33(23)28/h1-19H. The number of fused-ring (bicyclic) bond motifs is 8. The number of hydrogen-bond donors (Lipinski definition) is 0. The summed E-state index contributed by atoms with van der Waals surface area (Å²) in [6, 6.07) is 37.5. The summed E-state index contributed by atoms with van der Waals surface area (Å²) < 4.78 is 30.2. The Kier molecular flexibility index (Phi) is 4.20. The maximum atomic E-state index is 15.3. The highest BCUT2D eigenvalue weighted by atomic mass is 19.1. The van der Waals surface area contributed by atoms with Crippen molar-refractivity contribution in [3.63, 3.8) is 0 Å². The summed E-state index contributed by atoms with van der Waals surface area (Å²) in [5.74, 6) is 0.332. The molecule has 0 unspecified atom stereocenters. The molecule has 0 aliphatic rings. The number of halogens is 1. The van der Waals surface area contributed by atoms with Crippen molar-refractivity contribution in [1.29, 1.82) is 0 Å². The van der Waals surface area contributed by atoms with E-state index in [1.165, 1.54) is 6.07 Å². The third-order valence-electron chi connectivity index (χ3n) is 7.86. The summed E-state index contributed by atoms with van der Waals surface area (Å²) in [7, 11) is 0. The van der Waals surface area contributed by atoms with Gasteiger partial charge >= 0.3 is 0 Å². The van der Waals surface area contributed by atoms with Gasteiger partial charge in [-0.3, -0.25) is 4.57 Å². The van der Waals surface area contributed by atoms with Crippen LogP contribution in [0.25, 0.3) is 82.8 Å². The predicted molar refractivity (Wildman–Crippen MR) is 159 cm³/mol. The van der Waals surface area contributed by atoms with Gasteiger partial charge < -0.3 is 8.83 Å². The number of aromatic nitrogens is 2. The topological polar surface area (TPSA) is 44.1 Å². The van der Waals surface area contributed by atoms with Crippen LogP contribution in [0.1, 0.15) is 0 Å². The molecule has 4 nitrogen and oxygen atoms in total. The Labute approximate surface area is 226 Å². The lowest BCUT2D eigenvalue weighted by Gasteiger charge is -2.11. The molecule has 0 atom stereocenters. The van der Waals surface area contributed by atoms with Crippen molar-refractivity contribution >= 4 is 65.7 Å². The largest absolute Gasteiger partial charge is 0.455 e. The van der Waals surface area contributed by atoms with E-state index in [4.69, 9.17) is 13.8 Å². The van der Waals surface area contributed by atoms with Crippen molar-refractivity contribution in [1.82, 2.24) is 9.55 Å². The lowest BCUT2D eigenvalue weighted by Crippen LogP contribution is -1.99. The molecule has 0 radical (unpaired) electrons. The molecule has 6 aromatic carbocycles. The van der Waals surface area contributed by atoms with Crippen LogP contribution in [-0.4, -0.2) is 9.55 Å². The second kappa shape index (κ2) is 7.80. The predicted octanol–water partition coefficient (Wildman–Crippen LogP) is 9.78. The van der Waals surface area contributed by atoms with Gasteiger partial charge in [0.15, 0.2) is 5.58 Å². The van der Waals surface area contributed by atoms with Crippen molar-refractivity contribution in [2.75, 3.05) is 0 Å². The first kappa shape index (κ1) is 21.5. The maximum Gasteiger partial charge on any atom is 0.159 e. The highest BCUT2D eigenvalue weighted by Crippen LogP contribution is 2.41. The minimum atomic E-state index is -0.323. The van der Waals surface area contributed by atoms with Crippen LogP contribution in [0.5, 0.6) is 0 Å². The van der Waals surface area contributed by atoms with Crippen molar-refractivity contribution in [2.45, 2.75) is 0 Å². The summed E-state index contributed by atoms with van der Waals surface area (Å²) in [6.45, 7) is 0. The fourth-order valence-corrected chi connectivity index (χ4v) is 6.06. The van der Waals surface area contributed by atoms with Gasteiger partial charge in [-0.15, -0.1) is 0 Å². The summed E-state index contributed by atoms with van der Waals surface area (Å²) in [4.78, 5) is 5.16. The van der Waals surface area contributed by atoms with Crippen LogP contribution in [0, 0.1) is 5.82 Å².